The Balaban J connectivity index is 0.00000256. The number of nitrogen functional groups attached to an aromatic ring is 2. The minimum atomic E-state index is 0. The van der Waals surface area contributed by atoms with Crippen molar-refractivity contribution in [2.75, 3.05) is 38.7 Å². The summed E-state index contributed by atoms with van der Waals surface area (Å²) in [5, 5.41) is 3.36. The van der Waals surface area contributed by atoms with Gasteiger partial charge in [-0.25, -0.2) is 0 Å². The average molecular weight is 259 g/mol. The van der Waals surface area contributed by atoms with Crippen LogP contribution in [0.3, 0.4) is 0 Å². The van der Waals surface area contributed by atoms with E-state index in [-0.39, 0.29) is 12.4 Å². The zero-order valence-electron chi connectivity index (χ0n) is 10.6. The maximum atomic E-state index is 5.85. The Hall–Kier alpha value is -0.970. The Morgan fingerprint density at radius 3 is 2.59 bits per heavy atom. The van der Waals surface area contributed by atoms with Crippen molar-refractivity contribution >= 4 is 23.8 Å². The van der Waals surface area contributed by atoms with Crippen LogP contribution in [0.1, 0.15) is 12.0 Å². The highest BCUT2D eigenvalue weighted by molar-refractivity contribution is 5.85. The Labute approximate surface area is 110 Å². The SMILES string of the molecule is CN(C)CCCNCc1cc(N)ccc1N.Cl. The lowest BCUT2D eigenvalue weighted by Gasteiger charge is -2.11. The normalized spacial score (nSPS) is 10.3. The molecule has 5 N–H and O–H groups in total. The van der Waals surface area contributed by atoms with Crippen LogP contribution in [0, 0.1) is 0 Å². The first-order valence-corrected chi connectivity index (χ1v) is 5.59. The fraction of sp³-hybridized carbons (Fsp3) is 0.500. The Morgan fingerprint density at radius 1 is 1.24 bits per heavy atom. The van der Waals surface area contributed by atoms with Gasteiger partial charge in [-0.1, -0.05) is 0 Å². The van der Waals surface area contributed by atoms with Crippen LogP contribution < -0.4 is 16.8 Å². The van der Waals surface area contributed by atoms with Gasteiger partial charge in [0.1, 0.15) is 0 Å². The summed E-state index contributed by atoms with van der Waals surface area (Å²) in [6, 6.07) is 5.60. The fourth-order valence-electron chi connectivity index (χ4n) is 1.52. The van der Waals surface area contributed by atoms with Crippen molar-refractivity contribution in [2.45, 2.75) is 13.0 Å². The van der Waals surface area contributed by atoms with Crippen molar-refractivity contribution < 1.29 is 0 Å². The second kappa shape index (κ2) is 8.17. The molecule has 0 aliphatic carbocycles. The molecule has 98 valence electrons. The zero-order valence-corrected chi connectivity index (χ0v) is 11.4. The number of halogens is 1. The van der Waals surface area contributed by atoms with E-state index >= 15 is 0 Å². The number of rotatable bonds is 6. The summed E-state index contributed by atoms with van der Waals surface area (Å²) in [5.74, 6) is 0. The third-order valence-electron chi connectivity index (χ3n) is 2.44. The van der Waals surface area contributed by atoms with Gasteiger partial charge in [-0.05, 0) is 57.4 Å². The number of anilines is 2. The van der Waals surface area contributed by atoms with Crippen molar-refractivity contribution in [2.24, 2.45) is 0 Å². The third-order valence-corrected chi connectivity index (χ3v) is 2.44. The maximum Gasteiger partial charge on any atom is 0.0361 e. The molecule has 1 aromatic carbocycles. The lowest BCUT2D eigenvalue weighted by atomic mass is 10.1. The van der Waals surface area contributed by atoms with Gasteiger partial charge in [0, 0.05) is 17.9 Å². The smallest absolute Gasteiger partial charge is 0.0361 e. The van der Waals surface area contributed by atoms with E-state index in [1.54, 1.807) is 0 Å². The Bertz CT molecular complexity index is 328. The molecule has 1 aromatic rings. The van der Waals surface area contributed by atoms with Crippen molar-refractivity contribution in [1.82, 2.24) is 10.2 Å². The number of nitrogens with two attached hydrogens (primary N) is 2. The Morgan fingerprint density at radius 2 is 1.94 bits per heavy atom. The molecule has 0 heterocycles. The van der Waals surface area contributed by atoms with E-state index < -0.39 is 0 Å². The molecule has 0 radical (unpaired) electrons. The highest BCUT2D eigenvalue weighted by atomic mass is 35.5. The summed E-state index contributed by atoms with van der Waals surface area (Å²) in [4.78, 5) is 2.18. The molecule has 1 rings (SSSR count). The van der Waals surface area contributed by atoms with Gasteiger partial charge in [-0.3, -0.25) is 0 Å². The third kappa shape index (κ3) is 6.36. The number of hydrogen-bond donors (Lipinski definition) is 3. The van der Waals surface area contributed by atoms with Gasteiger partial charge in [-0.15, -0.1) is 12.4 Å². The van der Waals surface area contributed by atoms with Crippen LogP contribution in [0.2, 0.25) is 0 Å². The number of hydrogen-bond acceptors (Lipinski definition) is 4. The predicted molar refractivity (Wildman–Crippen MR) is 77.4 cm³/mol. The monoisotopic (exact) mass is 258 g/mol. The van der Waals surface area contributed by atoms with E-state index in [9.17, 15) is 0 Å². The molecule has 0 amide bonds. The zero-order chi connectivity index (χ0) is 12.0. The largest absolute Gasteiger partial charge is 0.399 e. The minimum Gasteiger partial charge on any atom is -0.399 e. The highest BCUT2D eigenvalue weighted by Crippen LogP contribution is 2.14. The molecule has 4 nitrogen and oxygen atoms in total. The summed E-state index contributed by atoms with van der Waals surface area (Å²) in [7, 11) is 4.16. The first kappa shape index (κ1) is 16.0. The van der Waals surface area contributed by atoms with Gasteiger partial charge >= 0.3 is 0 Å². The van der Waals surface area contributed by atoms with Crippen molar-refractivity contribution in [1.29, 1.82) is 0 Å². The summed E-state index contributed by atoms with van der Waals surface area (Å²) in [5.41, 5.74) is 14.2. The number of nitrogens with one attached hydrogen (secondary N) is 1. The molecule has 0 unspecified atom stereocenters. The van der Waals surface area contributed by atoms with E-state index in [0.717, 1.165) is 43.0 Å². The van der Waals surface area contributed by atoms with Crippen LogP contribution in [-0.2, 0) is 6.54 Å². The van der Waals surface area contributed by atoms with Gasteiger partial charge < -0.3 is 21.7 Å². The summed E-state index contributed by atoms with van der Waals surface area (Å²) >= 11 is 0. The topological polar surface area (TPSA) is 67.3 Å². The lowest BCUT2D eigenvalue weighted by molar-refractivity contribution is 0.394. The van der Waals surface area contributed by atoms with E-state index in [4.69, 9.17) is 11.5 Å². The summed E-state index contributed by atoms with van der Waals surface area (Å²) in [6.07, 6.45) is 1.13. The second-order valence-corrected chi connectivity index (χ2v) is 4.29. The minimum absolute atomic E-state index is 0. The molecule has 17 heavy (non-hydrogen) atoms. The molecule has 0 aromatic heterocycles. The van der Waals surface area contributed by atoms with E-state index in [2.05, 4.69) is 24.3 Å². The summed E-state index contributed by atoms with van der Waals surface area (Å²) in [6.45, 7) is 2.87. The molecular formula is C12H23ClN4. The summed E-state index contributed by atoms with van der Waals surface area (Å²) < 4.78 is 0. The van der Waals surface area contributed by atoms with Crippen LogP contribution in [-0.4, -0.2) is 32.1 Å². The van der Waals surface area contributed by atoms with E-state index in [1.807, 2.05) is 18.2 Å². The molecule has 0 spiro atoms. The number of benzene rings is 1. The molecule has 0 saturated carbocycles. The molecule has 0 aliphatic heterocycles. The van der Waals surface area contributed by atoms with Gasteiger partial charge in [0.05, 0.1) is 0 Å². The van der Waals surface area contributed by atoms with Crippen LogP contribution in [0.25, 0.3) is 0 Å². The van der Waals surface area contributed by atoms with Crippen LogP contribution in [0.15, 0.2) is 18.2 Å². The van der Waals surface area contributed by atoms with Gasteiger partial charge in [0.25, 0.3) is 0 Å². The molecular weight excluding hydrogens is 236 g/mol. The standard InChI is InChI=1S/C12H22N4.ClH/c1-16(2)7-3-6-15-9-10-8-11(13)4-5-12(10)14;/h4-5,8,15H,3,6-7,9,13-14H2,1-2H3;1H. The maximum absolute atomic E-state index is 5.85. The van der Waals surface area contributed by atoms with Gasteiger partial charge in [-0.2, -0.15) is 0 Å². The molecule has 0 bridgehead atoms. The highest BCUT2D eigenvalue weighted by Gasteiger charge is 1.99. The van der Waals surface area contributed by atoms with E-state index in [0.29, 0.717) is 0 Å². The molecule has 0 saturated heterocycles. The van der Waals surface area contributed by atoms with Crippen LogP contribution in [0.5, 0.6) is 0 Å². The van der Waals surface area contributed by atoms with Crippen LogP contribution in [0.4, 0.5) is 11.4 Å². The van der Waals surface area contributed by atoms with E-state index in [1.165, 1.54) is 0 Å². The van der Waals surface area contributed by atoms with Gasteiger partial charge in [0.2, 0.25) is 0 Å². The molecule has 0 aliphatic rings. The van der Waals surface area contributed by atoms with Crippen molar-refractivity contribution in [3.63, 3.8) is 0 Å². The second-order valence-electron chi connectivity index (χ2n) is 4.29. The average Bonchev–Trinajstić information content (AvgIpc) is 2.22. The van der Waals surface area contributed by atoms with Crippen molar-refractivity contribution in [3.05, 3.63) is 23.8 Å². The fourth-order valence-corrected chi connectivity index (χ4v) is 1.52. The Kier molecular flexibility index (Phi) is 7.70. The van der Waals surface area contributed by atoms with Crippen LogP contribution >= 0.6 is 12.4 Å². The quantitative estimate of drug-likeness (QED) is 0.532. The number of nitrogens with zero attached hydrogens (tertiary/aromatic N) is 1. The predicted octanol–water partition coefficient (Wildman–Crippen LogP) is 1.31. The van der Waals surface area contributed by atoms with Gasteiger partial charge in [0.15, 0.2) is 0 Å². The first-order valence-electron chi connectivity index (χ1n) is 5.59. The molecule has 0 fully saturated rings. The molecule has 0 atom stereocenters. The van der Waals surface area contributed by atoms with Crippen molar-refractivity contribution in [3.8, 4) is 0 Å². The lowest BCUT2D eigenvalue weighted by Crippen LogP contribution is -2.21. The first-order chi connectivity index (χ1) is 7.59. The molecule has 5 heteroatoms.